The first kappa shape index (κ1) is 17.3. The zero-order valence-electron chi connectivity index (χ0n) is 13.0. The van der Waals surface area contributed by atoms with Crippen LogP contribution < -0.4 is 10.6 Å². The summed E-state index contributed by atoms with van der Waals surface area (Å²) in [5, 5.41) is 44.1. The van der Waals surface area contributed by atoms with E-state index >= 15 is 0 Å². The largest absolute Gasteiger partial charge is 0.508 e. The van der Waals surface area contributed by atoms with Crippen molar-refractivity contribution >= 4 is 0 Å². The molecule has 0 heterocycles. The van der Waals surface area contributed by atoms with E-state index in [9.17, 15) is 20.7 Å². The summed E-state index contributed by atoms with van der Waals surface area (Å²) >= 11 is 0. The van der Waals surface area contributed by atoms with Crippen LogP contribution in [0, 0.1) is 22.7 Å². The monoisotopic (exact) mass is 322 g/mol. The molecule has 0 spiro atoms. The SMILES string of the molecule is N#CC(NCCNC(C#N)c1ccccc1O)c1ccccc1O. The van der Waals surface area contributed by atoms with Crippen LogP contribution in [0.3, 0.4) is 0 Å². The average molecular weight is 322 g/mol. The molecular formula is C18H18N4O2. The van der Waals surface area contributed by atoms with Crippen molar-refractivity contribution < 1.29 is 10.2 Å². The molecule has 0 radical (unpaired) electrons. The highest BCUT2D eigenvalue weighted by Gasteiger charge is 2.15. The standard InChI is InChI=1S/C18H18N4O2/c19-11-15(13-5-1-3-7-17(13)23)21-9-10-22-16(12-20)14-6-2-4-8-18(14)24/h1-8,15-16,21-24H,9-10H2. The minimum atomic E-state index is -0.640. The van der Waals surface area contributed by atoms with Gasteiger partial charge in [0, 0.05) is 24.2 Å². The van der Waals surface area contributed by atoms with Gasteiger partial charge in [-0.2, -0.15) is 10.5 Å². The van der Waals surface area contributed by atoms with Crippen LogP contribution in [0.5, 0.6) is 11.5 Å². The van der Waals surface area contributed by atoms with E-state index in [0.717, 1.165) is 0 Å². The molecule has 0 aromatic heterocycles. The number of para-hydroxylation sites is 2. The molecule has 0 fully saturated rings. The normalized spacial score (nSPS) is 12.8. The number of aromatic hydroxyl groups is 2. The van der Waals surface area contributed by atoms with E-state index < -0.39 is 12.1 Å². The fraction of sp³-hybridized carbons (Fsp3) is 0.222. The number of hydrogen-bond acceptors (Lipinski definition) is 6. The van der Waals surface area contributed by atoms with Gasteiger partial charge in [0.1, 0.15) is 23.6 Å². The van der Waals surface area contributed by atoms with Crippen LogP contribution in [-0.2, 0) is 0 Å². The van der Waals surface area contributed by atoms with Crippen molar-refractivity contribution in [2.45, 2.75) is 12.1 Å². The maximum absolute atomic E-state index is 9.80. The number of nitriles is 2. The number of hydrogen-bond donors (Lipinski definition) is 4. The Morgan fingerprint density at radius 1 is 0.750 bits per heavy atom. The summed E-state index contributed by atoms with van der Waals surface area (Å²) in [6.45, 7) is 0.830. The summed E-state index contributed by atoms with van der Waals surface area (Å²) in [5.74, 6) is 0.127. The van der Waals surface area contributed by atoms with Gasteiger partial charge in [-0.25, -0.2) is 0 Å². The van der Waals surface area contributed by atoms with Crippen LogP contribution >= 0.6 is 0 Å². The Labute approximate surface area is 140 Å². The fourth-order valence-electron chi connectivity index (χ4n) is 2.35. The zero-order valence-corrected chi connectivity index (χ0v) is 13.0. The van der Waals surface area contributed by atoms with Gasteiger partial charge in [0.05, 0.1) is 12.1 Å². The van der Waals surface area contributed by atoms with Gasteiger partial charge in [0.2, 0.25) is 0 Å². The lowest BCUT2D eigenvalue weighted by Crippen LogP contribution is -2.31. The van der Waals surface area contributed by atoms with E-state index in [1.807, 2.05) is 0 Å². The highest BCUT2D eigenvalue weighted by atomic mass is 16.3. The first-order chi connectivity index (χ1) is 11.7. The minimum Gasteiger partial charge on any atom is -0.508 e. The van der Waals surface area contributed by atoms with Gasteiger partial charge in [-0.05, 0) is 12.1 Å². The van der Waals surface area contributed by atoms with Gasteiger partial charge in [0.15, 0.2) is 0 Å². The summed E-state index contributed by atoms with van der Waals surface area (Å²) in [4.78, 5) is 0. The Morgan fingerprint density at radius 3 is 1.46 bits per heavy atom. The number of phenolic OH excluding ortho intramolecular Hbond substituents is 2. The van der Waals surface area contributed by atoms with Gasteiger partial charge >= 0.3 is 0 Å². The molecule has 2 aromatic carbocycles. The van der Waals surface area contributed by atoms with Crippen molar-refractivity contribution in [3.05, 3.63) is 59.7 Å². The molecule has 6 nitrogen and oxygen atoms in total. The Bertz CT molecular complexity index is 699. The summed E-state index contributed by atoms with van der Waals surface area (Å²) in [6.07, 6.45) is 0. The van der Waals surface area contributed by atoms with Crippen LogP contribution in [0.4, 0.5) is 0 Å². The van der Waals surface area contributed by atoms with E-state index in [1.54, 1.807) is 36.4 Å². The van der Waals surface area contributed by atoms with Gasteiger partial charge < -0.3 is 10.2 Å². The van der Waals surface area contributed by atoms with Crippen molar-refractivity contribution in [2.24, 2.45) is 0 Å². The van der Waals surface area contributed by atoms with Gasteiger partial charge in [-0.3, -0.25) is 10.6 Å². The first-order valence-electron chi connectivity index (χ1n) is 7.49. The molecule has 0 aliphatic carbocycles. The Hall–Kier alpha value is -3.06. The zero-order chi connectivity index (χ0) is 17.4. The maximum Gasteiger partial charge on any atom is 0.124 e. The molecule has 0 saturated heterocycles. The molecule has 2 atom stereocenters. The lowest BCUT2D eigenvalue weighted by atomic mass is 10.1. The number of nitrogens with one attached hydrogen (secondary N) is 2. The third-order valence-corrected chi connectivity index (χ3v) is 3.58. The third-order valence-electron chi connectivity index (χ3n) is 3.58. The molecule has 2 rings (SSSR count). The molecule has 0 bridgehead atoms. The fourth-order valence-corrected chi connectivity index (χ4v) is 2.35. The molecule has 4 N–H and O–H groups in total. The summed E-state index contributed by atoms with van der Waals surface area (Å²) < 4.78 is 0. The molecule has 122 valence electrons. The quantitative estimate of drug-likeness (QED) is 0.581. The van der Waals surface area contributed by atoms with Crippen molar-refractivity contribution in [2.75, 3.05) is 13.1 Å². The Morgan fingerprint density at radius 2 is 1.12 bits per heavy atom. The second kappa shape index (κ2) is 8.54. The van der Waals surface area contributed by atoms with Crippen LogP contribution in [0.2, 0.25) is 0 Å². The summed E-state index contributed by atoms with van der Waals surface area (Å²) in [5.41, 5.74) is 1.02. The van der Waals surface area contributed by atoms with E-state index in [1.165, 1.54) is 12.1 Å². The third kappa shape index (κ3) is 4.23. The predicted octanol–water partition coefficient (Wildman–Crippen LogP) is 2.11. The Balaban J connectivity index is 1.90. The lowest BCUT2D eigenvalue weighted by Gasteiger charge is -2.16. The Kier molecular flexibility index (Phi) is 6.16. The molecular weight excluding hydrogens is 304 g/mol. The molecule has 2 unspecified atom stereocenters. The van der Waals surface area contributed by atoms with Crippen molar-refractivity contribution in [1.82, 2.24) is 10.6 Å². The summed E-state index contributed by atoms with van der Waals surface area (Å²) in [7, 11) is 0. The van der Waals surface area contributed by atoms with Gasteiger partial charge in [-0.15, -0.1) is 0 Å². The van der Waals surface area contributed by atoms with Crippen molar-refractivity contribution in [3.63, 3.8) is 0 Å². The van der Waals surface area contributed by atoms with Crippen molar-refractivity contribution in [3.8, 4) is 23.6 Å². The van der Waals surface area contributed by atoms with Crippen LogP contribution in [0.15, 0.2) is 48.5 Å². The topological polar surface area (TPSA) is 112 Å². The molecule has 0 saturated carbocycles. The van der Waals surface area contributed by atoms with E-state index in [4.69, 9.17) is 0 Å². The highest BCUT2D eigenvalue weighted by Crippen LogP contribution is 2.24. The second-order valence-corrected chi connectivity index (χ2v) is 5.15. The molecule has 6 heteroatoms. The number of phenols is 2. The minimum absolute atomic E-state index is 0.0635. The number of rotatable bonds is 7. The van der Waals surface area contributed by atoms with E-state index in [0.29, 0.717) is 24.2 Å². The smallest absolute Gasteiger partial charge is 0.124 e. The van der Waals surface area contributed by atoms with E-state index in [-0.39, 0.29) is 11.5 Å². The van der Waals surface area contributed by atoms with E-state index in [2.05, 4.69) is 22.8 Å². The molecule has 0 aliphatic rings. The van der Waals surface area contributed by atoms with Crippen LogP contribution in [0.25, 0.3) is 0 Å². The maximum atomic E-state index is 9.80. The molecule has 24 heavy (non-hydrogen) atoms. The molecule has 2 aromatic rings. The van der Waals surface area contributed by atoms with Crippen LogP contribution in [0.1, 0.15) is 23.2 Å². The highest BCUT2D eigenvalue weighted by molar-refractivity contribution is 5.38. The summed E-state index contributed by atoms with van der Waals surface area (Å²) in [6, 6.07) is 16.2. The lowest BCUT2D eigenvalue weighted by molar-refractivity contribution is 0.453. The first-order valence-corrected chi connectivity index (χ1v) is 7.49. The number of benzene rings is 2. The van der Waals surface area contributed by atoms with Gasteiger partial charge in [-0.1, -0.05) is 36.4 Å². The second-order valence-electron chi connectivity index (χ2n) is 5.15. The predicted molar refractivity (Wildman–Crippen MR) is 88.9 cm³/mol. The van der Waals surface area contributed by atoms with Gasteiger partial charge in [0.25, 0.3) is 0 Å². The number of nitrogens with zero attached hydrogens (tertiary/aromatic N) is 2. The molecule has 0 amide bonds. The van der Waals surface area contributed by atoms with Crippen LogP contribution in [-0.4, -0.2) is 23.3 Å². The average Bonchev–Trinajstić information content (AvgIpc) is 2.60. The molecule has 0 aliphatic heterocycles. The van der Waals surface area contributed by atoms with Crippen molar-refractivity contribution in [1.29, 1.82) is 10.5 Å².